The van der Waals surface area contributed by atoms with Gasteiger partial charge >= 0.3 is 5.97 Å². The van der Waals surface area contributed by atoms with Gasteiger partial charge in [0.05, 0.1) is 0 Å². The predicted octanol–water partition coefficient (Wildman–Crippen LogP) is 1.55. The average Bonchev–Trinajstić information content (AvgIpc) is 2.81. The molecule has 2 atom stereocenters. The molecule has 1 aliphatic rings. The van der Waals surface area contributed by atoms with Crippen LogP contribution >= 0.6 is 0 Å². The summed E-state index contributed by atoms with van der Waals surface area (Å²) in [6.45, 7) is 0.348. The summed E-state index contributed by atoms with van der Waals surface area (Å²) in [6.07, 6.45) is 6.61. The zero-order valence-electron chi connectivity index (χ0n) is 11.2. The molecule has 20 heavy (non-hydrogen) atoms. The fourth-order valence-corrected chi connectivity index (χ4v) is 2.51. The molecular weight excluding hydrogens is 254 g/mol. The second kappa shape index (κ2) is 6.25. The number of carboxylic acids is 1. The first-order chi connectivity index (χ1) is 9.61. The number of terminal acetylenes is 1. The molecule has 1 aromatic carbocycles. The molecule has 0 aliphatic carbocycles. The summed E-state index contributed by atoms with van der Waals surface area (Å²) in [5.41, 5.74) is 1.07. The molecule has 0 spiro atoms. The van der Waals surface area contributed by atoms with E-state index in [1.54, 1.807) is 0 Å². The van der Waals surface area contributed by atoms with Crippen LogP contribution in [0.1, 0.15) is 18.4 Å². The number of rotatable bonds is 5. The Bertz CT molecular complexity index is 532. The van der Waals surface area contributed by atoms with Crippen LogP contribution in [0.3, 0.4) is 0 Å². The minimum atomic E-state index is -0.966. The van der Waals surface area contributed by atoms with Gasteiger partial charge in [0, 0.05) is 18.9 Å². The van der Waals surface area contributed by atoms with Crippen LogP contribution in [-0.2, 0) is 16.0 Å². The Morgan fingerprint density at radius 2 is 2.15 bits per heavy atom. The molecule has 4 heteroatoms. The minimum Gasteiger partial charge on any atom is -0.480 e. The summed E-state index contributed by atoms with van der Waals surface area (Å²) in [7, 11) is 0. The Labute approximate surface area is 118 Å². The summed E-state index contributed by atoms with van der Waals surface area (Å²) in [5, 5.41) is 9.34. The van der Waals surface area contributed by atoms with Gasteiger partial charge < -0.3 is 10.0 Å². The van der Waals surface area contributed by atoms with Crippen molar-refractivity contribution in [3.63, 3.8) is 0 Å². The van der Waals surface area contributed by atoms with Crippen LogP contribution in [0.2, 0.25) is 0 Å². The van der Waals surface area contributed by atoms with E-state index in [2.05, 4.69) is 5.92 Å². The molecule has 1 saturated heterocycles. The molecule has 0 radical (unpaired) electrons. The maximum absolute atomic E-state index is 11.9. The number of likely N-dealkylation sites (tertiary alicyclic amines) is 1. The molecule has 2 unspecified atom stereocenters. The Kier molecular flexibility index (Phi) is 4.41. The van der Waals surface area contributed by atoms with Crippen molar-refractivity contribution in [3.8, 4) is 12.3 Å². The van der Waals surface area contributed by atoms with Crippen molar-refractivity contribution in [2.24, 2.45) is 5.92 Å². The first-order valence-electron chi connectivity index (χ1n) is 6.64. The van der Waals surface area contributed by atoms with Gasteiger partial charge in [0.25, 0.3) is 0 Å². The van der Waals surface area contributed by atoms with Crippen LogP contribution in [0.25, 0.3) is 0 Å². The molecule has 1 aliphatic heterocycles. The van der Waals surface area contributed by atoms with Gasteiger partial charge in [-0.05, 0) is 18.4 Å². The normalized spacial score (nSPS) is 19.6. The monoisotopic (exact) mass is 271 g/mol. The van der Waals surface area contributed by atoms with E-state index in [1.807, 2.05) is 30.3 Å². The molecular formula is C16H17NO3. The highest BCUT2D eigenvalue weighted by Crippen LogP contribution is 2.22. The van der Waals surface area contributed by atoms with E-state index < -0.39 is 12.0 Å². The molecule has 2 rings (SSSR count). The van der Waals surface area contributed by atoms with Crippen molar-refractivity contribution in [3.05, 3.63) is 35.9 Å². The smallest absolute Gasteiger partial charge is 0.326 e. The quantitative estimate of drug-likeness (QED) is 0.827. The van der Waals surface area contributed by atoms with Crippen molar-refractivity contribution in [2.45, 2.75) is 25.3 Å². The van der Waals surface area contributed by atoms with Gasteiger partial charge in [0.2, 0.25) is 5.91 Å². The van der Waals surface area contributed by atoms with Gasteiger partial charge in [-0.15, -0.1) is 12.3 Å². The fraction of sp³-hybridized carbons (Fsp3) is 0.375. The molecule has 1 amide bonds. The fourth-order valence-electron chi connectivity index (χ4n) is 2.51. The zero-order chi connectivity index (χ0) is 14.5. The summed E-state index contributed by atoms with van der Waals surface area (Å²) in [6, 6.07) is 8.87. The van der Waals surface area contributed by atoms with Gasteiger partial charge in [-0.1, -0.05) is 30.3 Å². The highest BCUT2D eigenvalue weighted by molar-refractivity contribution is 5.85. The van der Waals surface area contributed by atoms with E-state index in [0.29, 0.717) is 19.4 Å². The van der Waals surface area contributed by atoms with Crippen LogP contribution in [0.4, 0.5) is 0 Å². The van der Waals surface area contributed by atoms with E-state index in [9.17, 15) is 14.7 Å². The van der Waals surface area contributed by atoms with Crippen LogP contribution in [0.15, 0.2) is 30.3 Å². The molecule has 4 nitrogen and oxygen atoms in total. The summed E-state index contributed by atoms with van der Waals surface area (Å²) in [4.78, 5) is 24.7. The highest BCUT2D eigenvalue weighted by Gasteiger charge is 2.36. The Morgan fingerprint density at radius 3 is 2.70 bits per heavy atom. The predicted molar refractivity (Wildman–Crippen MR) is 74.8 cm³/mol. The van der Waals surface area contributed by atoms with Crippen molar-refractivity contribution in [1.29, 1.82) is 0 Å². The van der Waals surface area contributed by atoms with Gasteiger partial charge in [0.1, 0.15) is 6.04 Å². The van der Waals surface area contributed by atoms with Crippen LogP contribution < -0.4 is 0 Å². The molecule has 1 heterocycles. The van der Waals surface area contributed by atoms with Crippen molar-refractivity contribution >= 4 is 11.9 Å². The number of hydrogen-bond acceptors (Lipinski definition) is 2. The third-order valence-electron chi connectivity index (χ3n) is 3.60. The molecule has 1 fully saturated rings. The molecule has 0 bridgehead atoms. The second-order valence-corrected chi connectivity index (χ2v) is 4.99. The number of benzene rings is 1. The lowest BCUT2D eigenvalue weighted by molar-refractivity contribution is -0.148. The number of carbonyl (C=O) groups is 2. The Morgan fingerprint density at radius 1 is 1.45 bits per heavy atom. The van der Waals surface area contributed by atoms with Crippen molar-refractivity contribution < 1.29 is 14.7 Å². The van der Waals surface area contributed by atoms with Gasteiger partial charge in [-0.2, -0.15) is 0 Å². The third kappa shape index (κ3) is 3.18. The maximum atomic E-state index is 11.9. The van der Waals surface area contributed by atoms with E-state index in [-0.39, 0.29) is 18.2 Å². The van der Waals surface area contributed by atoms with E-state index in [0.717, 1.165) is 5.56 Å². The van der Waals surface area contributed by atoms with Crippen LogP contribution in [0.5, 0.6) is 0 Å². The topological polar surface area (TPSA) is 57.6 Å². The average molecular weight is 271 g/mol. The number of nitrogens with zero attached hydrogens (tertiary/aromatic N) is 1. The largest absolute Gasteiger partial charge is 0.480 e. The SMILES string of the molecule is C#CC1CC(=O)N(C(CCc2ccccc2)C(=O)O)C1. The van der Waals surface area contributed by atoms with E-state index in [1.165, 1.54) is 4.90 Å². The number of carboxylic acid groups (broad SMARTS) is 1. The number of hydrogen-bond donors (Lipinski definition) is 1. The first-order valence-corrected chi connectivity index (χ1v) is 6.64. The number of amides is 1. The number of carbonyl (C=O) groups excluding carboxylic acids is 1. The highest BCUT2D eigenvalue weighted by atomic mass is 16.4. The molecule has 104 valence electrons. The molecule has 1 N–H and O–H groups in total. The molecule has 1 aromatic rings. The van der Waals surface area contributed by atoms with E-state index >= 15 is 0 Å². The van der Waals surface area contributed by atoms with Gasteiger partial charge in [-0.3, -0.25) is 4.79 Å². The third-order valence-corrected chi connectivity index (χ3v) is 3.60. The number of aliphatic carboxylic acids is 1. The van der Waals surface area contributed by atoms with Crippen LogP contribution in [-0.4, -0.2) is 34.5 Å². The first kappa shape index (κ1) is 14.1. The maximum Gasteiger partial charge on any atom is 0.326 e. The zero-order valence-corrected chi connectivity index (χ0v) is 11.2. The standard InChI is InChI=1S/C16H17NO3/c1-2-12-10-15(18)17(11-12)14(16(19)20)9-8-13-6-4-3-5-7-13/h1,3-7,12,14H,8-11H2,(H,19,20). The molecule has 0 aromatic heterocycles. The Hall–Kier alpha value is -2.28. The lowest BCUT2D eigenvalue weighted by Crippen LogP contribution is -2.42. The number of aryl methyl sites for hydroxylation is 1. The summed E-state index contributed by atoms with van der Waals surface area (Å²) in [5.74, 6) is 1.25. The minimum absolute atomic E-state index is 0.159. The second-order valence-electron chi connectivity index (χ2n) is 4.99. The summed E-state index contributed by atoms with van der Waals surface area (Å²) < 4.78 is 0. The van der Waals surface area contributed by atoms with E-state index in [4.69, 9.17) is 6.42 Å². The van der Waals surface area contributed by atoms with Gasteiger partial charge in [0.15, 0.2) is 0 Å². The van der Waals surface area contributed by atoms with Crippen molar-refractivity contribution in [1.82, 2.24) is 4.90 Å². The van der Waals surface area contributed by atoms with Gasteiger partial charge in [-0.25, -0.2) is 4.79 Å². The summed E-state index contributed by atoms with van der Waals surface area (Å²) >= 11 is 0. The van der Waals surface area contributed by atoms with Crippen LogP contribution in [0, 0.1) is 18.3 Å². The molecule has 0 saturated carbocycles. The van der Waals surface area contributed by atoms with Crippen molar-refractivity contribution in [2.75, 3.05) is 6.54 Å². The lowest BCUT2D eigenvalue weighted by Gasteiger charge is -2.24. The lowest BCUT2D eigenvalue weighted by atomic mass is 10.0. The Balaban J connectivity index is 2.03.